The molecule has 0 aliphatic carbocycles. The van der Waals surface area contributed by atoms with Gasteiger partial charge in [-0.2, -0.15) is 4.98 Å². The van der Waals surface area contributed by atoms with Crippen molar-refractivity contribution in [2.24, 2.45) is 0 Å². The molecule has 1 atom stereocenters. The van der Waals surface area contributed by atoms with E-state index in [-0.39, 0.29) is 18.5 Å². The Kier molecular flexibility index (Phi) is 5.73. The topological polar surface area (TPSA) is 80.5 Å². The summed E-state index contributed by atoms with van der Waals surface area (Å²) in [5.74, 6) is 0.922. The zero-order valence-electron chi connectivity index (χ0n) is 11.3. The van der Waals surface area contributed by atoms with Gasteiger partial charge in [-0.1, -0.05) is 5.16 Å². The van der Waals surface area contributed by atoms with Gasteiger partial charge in [0.2, 0.25) is 11.8 Å². The van der Waals surface area contributed by atoms with E-state index in [0.29, 0.717) is 24.7 Å². The van der Waals surface area contributed by atoms with Crippen LogP contribution in [0.4, 0.5) is 0 Å². The molecule has 0 saturated heterocycles. The van der Waals surface area contributed by atoms with Crippen LogP contribution in [0.2, 0.25) is 0 Å². The van der Waals surface area contributed by atoms with Crippen LogP contribution in [0.1, 0.15) is 18.6 Å². The molecule has 1 N–H and O–H groups in total. The van der Waals surface area contributed by atoms with Gasteiger partial charge in [0.1, 0.15) is 0 Å². The summed E-state index contributed by atoms with van der Waals surface area (Å²) in [5.41, 5.74) is 0. The number of methoxy groups -OCH3 is 1. The third kappa shape index (κ3) is 4.42. The number of amides is 1. The Bertz CT molecular complexity index is 378. The number of rotatable bonds is 7. The van der Waals surface area contributed by atoms with Gasteiger partial charge in [0.05, 0.1) is 25.6 Å². The molecule has 1 amide bonds. The SMILES string of the molecule is COCCc1nc(CNC(=O)[C@@H](C)N(C)C)no1. The van der Waals surface area contributed by atoms with Crippen molar-refractivity contribution < 1.29 is 14.1 Å². The normalized spacial score (nSPS) is 12.7. The zero-order chi connectivity index (χ0) is 13.5. The maximum absolute atomic E-state index is 11.7. The van der Waals surface area contributed by atoms with Gasteiger partial charge >= 0.3 is 0 Å². The second-order valence-electron chi connectivity index (χ2n) is 4.20. The molecule has 0 aliphatic rings. The van der Waals surface area contributed by atoms with Gasteiger partial charge in [0.15, 0.2) is 5.82 Å². The van der Waals surface area contributed by atoms with Gasteiger partial charge in [0, 0.05) is 7.11 Å². The lowest BCUT2D eigenvalue weighted by atomic mass is 10.3. The second kappa shape index (κ2) is 7.07. The van der Waals surface area contributed by atoms with E-state index in [1.165, 1.54) is 0 Å². The third-order valence-corrected chi connectivity index (χ3v) is 2.60. The van der Waals surface area contributed by atoms with Crippen LogP contribution in [0.5, 0.6) is 0 Å². The number of ether oxygens (including phenoxy) is 1. The fraction of sp³-hybridized carbons (Fsp3) is 0.727. The molecule has 0 unspecified atom stereocenters. The highest BCUT2D eigenvalue weighted by molar-refractivity contribution is 5.81. The largest absolute Gasteiger partial charge is 0.384 e. The molecule has 0 spiro atoms. The van der Waals surface area contributed by atoms with Crippen molar-refractivity contribution in [3.63, 3.8) is 0 Å². The number of nitrogens with zero attached hydrogens (tertiary/aromatic N) is 3. The molecule has 0 aliphatic heterocycles. The quantitative estimate of drug-likeness (QED) is 0.729. The fourth-order valence-electron chi connectivity index (χ4n) is 1.20. The summed E-state index contributed by atoms with van der Waals surface area (Å²) in [6.45, 7) is 2.63. The van der Waals surface area contributed by atoms with Crippen LogP contribution in [0.25, 0.3) is 0 Å². The molecule has 18 heavy (non-hydrogen) atoms. The molecule has 0 saturated carbocycles. The minimum Gasteiger partial charge on any atom is -0.384 e. The van der Waals surface area contributed by atoms with Crippen molar-refractivity contribution in [3.05, 3.63) is 11.7 Å². The minimum absolute atomic E-state index is 0.0664. The first-order valence-electron chi connectivity index (χ1n) is 5.79. The Labute approximate surface area is 106 Å². The molecular formula is C11H20N4O3. The number of hydrogen-bond donors (Lipinski definition) is 1. The second-order valence-corrected chi connectivity index (χ2v) is 4.20. The van der Waals surface area contributed by atoms with Crippen LogP contribution in [-0.4, -0.2) is 54.8 Å². The predicted molar refractivity (Wildman–Crippen MR) is 64.9 cm³/mol. The van der Waals surface area contributed by atoms with Gasteiger partial charge in [0.25, 0.3) is 0 Å². The minimum atomic E-state index is -0.190. The van der Waals surface area contributed by atoms with Crippen molar-refractivity contribution in [1.29, 1.82) is 0 Å². The van der Waals surface area contributed by atoms with Crippen LogP contribution in [-0.2, 0) is 22.5 Å². The van der Waals surface area contributed by atoms with E-state index in [9.17, 15) is 4.79 Å². The van der Waals surface area contributed by atoms with Gasteiger partial charge in [-0.3, -0.25) is 9.69 Å². The molecular weight excluding hydrogens is 236 g/mol. The summed E-state index contributed by atoms with van der Waals surface area (Å²) >= 11 is 0. The summed E-state index contributed by atoms with van der Waals surface area (Å²) < 4.78 is 9.91. The Hall–Kier alpha value is -1.47. The molecule has 1 aromatic rings. The van der Waals surface area contributed by atoms with Crippen molar-refractivity contribution in [1.82, 2.24) is 20.4 Å². The van der Waals surface area contributed by atoms with E-state index in [1.54, 1.807) is 7.11 Å². The lowest BCUT2D eigenvalue weighted by Gasteiger charge is -2.18. The van der Waals surface area contributed by atoms with E-state index in [1.807, 2.05) is 25.9 Å². The molecule has 0 bridgehead atoms. The van der Waals surface area contributed by atoms with Crippen molar-refractivity contribution in [3.8, 4) is 0 Å². The Balaban J connectivity index is 2.39. The van der Waals surface area contributed by atoms with E-state index >= 15 is 0 Å². The lowest BCUT2D eigenvalue weighted by molar-refractivity contribution is -0.125. The van der Waals surface area contributed by atoms with Gasteiger partial charge in [-0.25, -0.2) is 0 Å². The third-order valence-electron chi connectivity index (χ3n) is 2.60. The number of aromatic nitrogens is 2. The number of nitrogens with one attached hydrogen (secondary N) is 1. The molecule has 0 radical (unpaired) electrons. The summed E-state index contributed by atoms with van der Waals surface area (Å²) in [4.78, 5) is 17.6. The maximum atomic E-state index is 11.7. The highest BCUT2D eigenvalue weighted by atomic mass is 16.5. The van der Waals surface area contributed by atoms with Gasteiger partial charge in [-0.15, -0.1) is 0 Å². The van der Waals surface area contributed by atoms with Crippen LogP contribution >= 0.6 is 0 Å². The molecule has 102 valence electrons. The molecule has 1 heterocycles. The molecule has 0 fully saturated rings. The first kappa shape index (κ1) is 14.6. The van der Waals surface area contributed by atoms with E-state index in [2.05, 4.69) is 15.5 Å². The number of likely N-dealkylation sites (N-methyl/N-ethyl adjacent to an activating group) is 1. The summed E-state index contributed by atoms with van der Waals surface area (Å²) in [7, 11) is 5.31. The maximum Gasteiger partial charge on any atom is 0.237 e. The standard InChI is InChI=1S/C11H20N4O3/c1-8(15(2)3)11(16)12-7-9-13-10(18-14-9)5-6-17-4/h8H,5-7H2,1-4H3,(H,12,16)/t8-/m1/s1. The van der Waals surface area contributed by atoms with Crippen molar-refractivity contribution >= 4 is 5.91 Å². The zero-order valence-corrected chi connectivity index (χ0v) is 11.3. The highest BCUT2D eigenvalue weighted by Crippen LogP contribution is 1.99. The van der Waals surface area contributed by atoms with Gasteiger partial charge in [-0.05, 0) is 21.0 Å². The number of hydrogen-bond acceptors (Lipinski definition) is 6. The van der Waals surface area contributed by atoms with E-state index in [4.69, 9.17) is 9.26 Å². The summed E-state index contributed by atoms with van der Waals surface area (Å²) in [6, 6.07) is -0.190. The summed E-state index contributed by atoms with van der Waals surface area (Å²) in [5, 5.41) is 6.53. The van der Waals surface area contributed by atoms with Crippen molar-refractivity contribution in [2.45, 2.75) is 25.9 Å². The van der Waals surface area contributed by atoms with Crippen LogP contribution in [0, 0.1) is 0 Å². The van der Waals surface area contributed by atoms with Crippen LogP contribution in [0.15, 0.2) is 4.52 Å². The molecule has 1 aromatic heterocycles. The van der Waals surface area contributed by atoms with Crippen molar-refractivity contribution in [2.75, 3.05) is 27.8 Å². The Morgan fingerprint density at radius 3 is 2.89 bits per heavy atom. The summed E-state index contributed by atoms with van der Waals surface area (Å²) in [6.07, 6.45) is 0.575. The average molecular weight is 256 g/mol. The monoisotopic (exact) mass is 256 g/mol. The number of carbonyl (C=O) groups excluding carboxylic acids is 1. The lowest BCUT2D eigenvalue weighted by Crippen LogP contribution is -2.41. The highest BCUT2D eigenvalue weighted by Gasteiger charge is 2.15. The first-order chi connectivity index (χ1) is 8.54. The van der Waals surface area contributed by atoms with Crippen LogP contribution in [0.3, 0.4) is 0 Å². The van der Waals surface area contributed by atoms with E-state index < -0.39 is 0 Å². The van der Waals surface area contributed by atoms with Gasteiger partial charge < -0.3 is 14.6 Å². The Morgan fingerprint density at radius 2 is 2.28 bits per heavy atom. The fourth-order valence-corrected chi connectivity index (χ4v) is 1.20. The molecule has 7 nitrogen and oxygen atoms in total. The van der Waals surface area contributed by atoms with Crippen LogP contribution < -0.4 is 5.32 Å². The molecule has 7 heteroatoms. The first-order valence-corrected chi connectivity index (χ1v) is 5.79. The molecule has 1 rings (SSSR count). The predicted octanol–water partition coefficient (Wildman–Crippen LogP) is -0.175. The average Bonchev–Trinajstić information content (AvgIpc) is 2.80. The smallest absolute Gasteiger partial charge is 0.237 e. The molecule has 0 aromatic carbocycles. The van der Waals surface area contributed by atoms with E-state index in [0.717, 1.165) is 0 Å². The number of carbonyl (C=O) groups is 1. The Morgan fingerprint density at radius 1 is 1.56 bits per heavy atom.